The van der Waals surface area contributed by atoms with E-state index < -0.39 is 0 Å². The van der Waals surface area contributed by atoms with Crippen molar-refractivity contribution in [2.24, 2.45) is 5.73 Å². The highest BCUT2D eigenvalue weighted by molar-refractivity contribution is 5.60. The molecule has 1 aromatic heterocycles. The molecule has 3 nitrogen and oxygen atoms in total. The number of hydrogen-bond acceptors (Lipinski definition) is 2. The largest absolute Gasteiger partial charge is 0.326 e. The molecule has 2 aromatic rings. The molecule has 0 saturated carbocycles. The molecule has 1 aromatic carbocycles. The molecule has 0 unspecified atom stereocenters. The van der Waals surface area contributed by atoms with Crippen LogP contribution in [0.2, 0.25) is 0 Å². The summed E-state index contributed by atoms with van der Waals surface area (Å²) in [5.41, 5.74) is 9.59. The second-order valence-corrected chi connectivity index (χ2v) is 4.55. The van der Waals surface area contributed by atoms with Crippen LogP contribution in [0.5, 0.6) is 0 Å². The molecule has 0 bridgehead atoms. The number of nitrogens with two attached hydrogens (primary N) is 1. The zero-order valence-electron chi connectivity index (χ0n) is 11.5. The van der Waals surface area contributed by atoms with Gasteiger partial charge in [0.15, 0.2) is 0 Å². The van der Waals surface area contributed by atoms with E-state index in [-0.39, 0.29) is 12.1 Å². The summed E-state index contributed by atoms with van der Waals surface area (Å²) in [5, 5.41) is 0. The standard InChI is InChI=1S/C16H20N2O/c1-3-12-5-7-13(8-6-12)15-10-9-14(11-17)16(19)18(15)4-2/h5-10H,3-4,11,17H2,1-2H3. The number of pyridine rings is 1. The van der Waals surface area contributed by atoms with E-state index in [0.29, 0.717) is 12.1 Å². The van der Waals surface area contributed by atoms with Crippen molar-refractivity contribution in [2.75, 3.05) is 0 Å². The zero-order valence-corrected chi connectivity index (χ0v) is 11.5. The number of rotatable bonds is 4. The lowest BCUT2D eigenvalue weighted by Crippen LogP contribution is -2.25. The van der Waals surface area contributed by atoms with E-state index in [1.54, 1.807) is 4.57 Å². The molecular formula is C16H20N2O. The van der Waals surface area contributed by atoms with Gasteiger partial charge in [0.1, 0.15) is 0 Å². The number of aryl methyl sites for hydroxylation is 1. The highest BCUT2D eigenvalue weighted by atomic mass is 16.1. The van der Waals surface area contributed by atoms with Crippen LogP contribution in [0.25, 0.3) is 11.3 Å². The second-order valence-electron chi connectivity index (χ2n) is 4.55. The summed E-state index contributed by atoms with van der Waals surface area (Å²) in [6.07, 6.45) is 1.02. The Kier molecular flexibility index (Phi) is 4.17. The quantitative estimate of drug-likeness (QED) is 0.914. The van der Waals surface area contributed by atoms with E-state index in [1.807, 2.05) is 19.1 Å². The molecule has 0 saturated heterocycles. The summed E-state index contributed by atoms with van der Waals surface area (Å²) in [5.74, 6) is 0. The first-order valence-corrected chi connectivity index (χ1v) is 6.73. The maximum atomic E-state index is 12.2. The Morgan fingerprint density at radius 1 is 1.05 bits per heavy atom. The number of benzene rings is 1. The SMILES string of the molecule is CCc1ccc(-c2ccc(CN)c(=O)n2CC)cc1. The van der Waals surface area contributed by atoms with Crippen LogP contribution in [-0.4, -0.2) is 4.57 Å². The minimum atomic E-state index is 0.0158. The number of aromatic nitrogens is 1. The van der Waals surface area contributed by atoms with Crippen molar-refractivity contribution >= 4 is 0 Å². The van der Waals surface area contributed by atoms with Crippen molar-refractivity contribution in [3.63, 3.8) is 0 Å². The van der Waals surface area contributed by atoms with Gasteiger partial charge >= 0.3 is 0 Å². The maximum Gasteiger partial charge on any atom is 0.255 e. The fraction of sp³-hybridized carbons (Fsp3) is 0.312. The molecule has 19 heavy (non-hydrogen) atoms. The average Bonchev–Trinajstić information content (AvgIpc) is 2.47. The summed E-state index contributed by atoms with van der Waals surface area (Å²) in [6.45, 7) is 5.05. The smallest absolute Gasteiger partial charge is 0.255 e. The summed E-state index contributed by atoms with van der Waals surface area (Å²) in [6, 6.07) is 12.2. The van der Waals surface area contributed by atoms with Crippen LogP contribution in [0.1, 0.15) is 25.0 Å². The van der Waals surface area contributed by atoms with Gasteiger partial charge in [-0.3, -0.25) is 4.79 Å². The molecule has 0 aliphatic carbocycles. The van der Waals surface area contributed by atoms with Crippen molar-refractivity contribution in [1.82, 2.24) is 4.57 Å². The van der Waals surface area contributed by atoms with Crippen LogP contribution < -0.4 is 11.3 Å². The molecule has 0 aliphatic heterocycles. The van der Waals surface area contributed by atoms with Gasteiger partial charge in [0.05, 0.1) is 5.69 Å². The molecular weight excluding hydrogens is 236 g/mol. The Bertz CT molecular complexity index is 612. The maximum absolute atomic E-state index is 12.2. The molecule has 2 rings (SSSR count). The Labute approximate surface area is 113 Å². The van der Waals surface area contributed by atoms with E-state index >= 15 is 0 Å². The van der Waals surface area contributed by atoms with Crippen LogP contribution >= 0.6 is 0 Å². The van der Waals surface area contributed by atoms with Gasteiger partial charge in [0.25, 0.3) is 5.56 Å². The summed E-state index contributed by atoms with van der Waals surface area (Å²) in [4.78, 5) is 12.2. The second kappa shape index (κ2) is 5.85. The summed E-state index contributed by atoms with van der Waals surface area (Å²) < 4.78 is 1.78. The van der Waals surface area contributed by atoms with Gasteiger partial charge in [-0.25, -0.2) is 0 Å². The minimum absolute atomic E-state index is 0.0158. The number of nitrogens with zero attached hydrogens (tertiary/aromatic N) is 1. The first-order valence-electron chi connectivity index (χ1n) is 6.73. The van der Waals surface area contributed by atoms with Crippen LogP contribution in [-0.2, 0) is 19.5 Å². The summed E-state index contributed by atoms with van der Waals surface area (Å²) in [7, 11) is 0. The van der Waals surface area contributed by atoms with Crippen molar-refractivity contribution in [1.29, 1.82) is 0 Å². The van der Waals surface area contributed by atoms with Gasteiger partial charge in [-0.2, -0.15) is 0 Å². The van der Waals surface area contributed by atoms with Crippen LogP contribution in [0.3, 0.4) is 0 Å². The normalized spacial score (nSPS) is 10.7. The molecule has 0 aliphatic rings. The van der Waals surface area contributed by atoms with E-state index in [2.05, 4.69) is 31.2 Å². The van der Waals surface area contributed by atoms with E-state index in [1.165, 1.54) is 5.56 Å². The van der Waals surface area contributed by atoms with Crippen molar-refractivity contribution in [2.45, 2.75) is 33.4 Å². The van der Waals surface area contributed by atoms with Crippen molar-refractivity contribution in [3.8, 4) is 11.3 Å². The highest BCUT2D eigenvalue weighted by Crippen LogP contribution is 2.19. The third kappa shape index (κ3) is 2.61. The lowest BCUT2D eigenvalue weighted by Gasteiger charge is -2.13. The molecule has 0 spiro atoms. The van der Waals surface area contributed by atoms with Crippen molar-refractivity contribution < 1.29 is 0 Å². The van der Waals surface area contributed by atoms with Gasteiger partial charge in [0.2, 0.25) is 0 Å². The summed E-state index contributed by atoms with van der Waals surface area (Å²) >= 11 is 0. The van der Waals surface area contributed by atoms with Crippen LogP contribution in [0.15, 0.2) is 41.2 Å². The molecule has 0 fully saturated rings. The Balaban J connectivity index is 2.55. The predicted octanol–water partition coefficient (Wildman–Crippen LogP) is 2.56. The molecule has 1 heterocycles. The molecule has 100 valence electrons. The Morgan fingerprint density at radius 2 is 1.74 bits per heavy atom. The Morgan fingerprint density at radius 3 is 2.26 bits per heavy atom. The third-order valence-corrected chi connectivity index (χ3v) is 3.45. The topological polar surface area (TPSA) is 48.0 Å². The Hall–Kier alpha value is -1.87. The monoisotopic (exact) mass is 256 g/mol. The first-order chi connectivity index (χ1) is 9.21. The fourth-order valence-electron chi connectivity index (χ4n) is 2.26. The molecule has 2 N–H and O–H groups in total. The van der Waals surface area contributed by atoms with Crippen LogP contribution in [0, 0.1) is 0 Å². The minimum Gasteiger partial charge on any atom is -0.326 e. The highest BCUT2D eigenvalue weighted by Gasteiger charge is 2.08. The molecule has 0 amide bonds. The van der Waals surface area contributed by atoms with E-state index in [9.17, 15) is 4.79 Å². The lowest BCUT2D eigenvalue weighted by atomic mass is 10.1. The lowest BCUT2D eigenvalue weighted by molar-refractivity contribution is 0.723. The van der Waals surface area contributed by atoms with Gasteiger partial charge in [-0.1, -0.05) is 37.3 Å². The average molecular weight is 256 g/mol. The van der Waals surface area contributed by atoms with Gasteiger partial charge in [-0.05, 0) is 30.5 Å². The predicted molar refractivity (Wildman–Crippen MR) is 79.1 cm³/mol. The number of hydrogen-bond donors (Lipinski definition) is 1. The van der Waals surface area contributed by atoms with Crippen LogP contribution in [0.4, 0.5) is 0 Å². The van der Waals surface area contributed by atoms with Gasteiger partial charge in [0, 0.05) is 18.7 Å². The first kappa shape index (κ1) is 13.6. The molecule has 0 atom stereocenters. The third-order valence-electron chi connectivity index (χ3n) is 3.45. The van der Waals surface area contributed by atoms with Gasteiger partial charge < -0.3 is 10.3 Å². The fourth-order valence-corrected chi connectivity index (χ4v) is 2.26. The van der Waals surface area contributed by atoms with Gasteiger partial charge in [-0.15, -0.1) is 0 Å². The molecule has 3 heteroatoms. The van der Waals surface area contributed by atoms with E-state index in [0.717, 1.165) is 17.7 Å². The van der Waals surface area contributed by atoms with Crippen molar-refractivity contribution in [3.05, 3.63) is 57.9 Å². The molecule has 0 radical (unpaired) electrons. The van der Waals surface area contributed by atoms with E-state index in [4.69, 9.17) is 5.73 Å². The zero-order chi connectivity index (χ0) is 13.8.